The Morgan fingerprint density at radius 1 is 1.14 bits per heavy atom. The van der Waals surface area contributed by atoms with E-state index >= 15 is 0 Å². The van der Waals surface area contributed by atoms with Crippen molar-refractivity contribution >= 4 is 22.0 Å². The van der Waals surface area contributed by atoms with E-state index < -0.39 is 15.6 Å². The minimum atomic E-state index is -3.50. The van der Waals surface area contributed by atoms with Crippen LogP contribution in [0.2, 0.25) is 0 Å². The van der Waals surface area contributed by atoms with Crippen molar-refractivity contribution in [3.63, 3.8) is 0 Å². The van der Waals surface area contributed by atoms with Crippen LogP contribution in [0, 0.1) is 5.92 Å². The van der Waals surface area contributed by atoms with Crippen molar-refractivity contribution in [3.05, 3.63) is 30.3 Å². The van der Waals surface area contributed by atoms with E-state index in [2.05, 4.69) is 5.32 Å². The summed E-state index contributed by atoms with van der Waals surface area (Å²) in [5.74, 6) is 0.0297. The maximum Gasteiger partial charge on any atom is 0.329 e. The third-order valence-corrected chi connectivity index (χ3v) is 8.61. The van der Waals surface area contributed by atoms with Crippen LogP contribution in [0.4, 0.5) is 4.79 Å². The number of amides is 3. The molecule has 1 aromatic carbocycles. The Bertz CT molecular complexity index is 883. The molecule has 2 heterocycles. The molecule has 158 valence electrons. The number of nitrogens with one attached hydrogen (secondary N) is 2. The lowest BCUT2D eigenvalue weighted by Gasteiger charge is -2.37. The average Bonchev–Trinajstić information content (AvgIpc) is 2.96. The number of sulfonamides is 1. The van der Waals surface area contributed by atoms with Gasteiger partial charge in [-0.25, -0.2) is 18.1 Å². The molecule has 0 aromatic heterocycles. The first-order chi connectivity index (χ1) is 13.8. The molecule has 0 radical (unpaired) electrons. The molecule has 2 N–H and O–H groups in total. The zero-order valence-electron chi connectivity index (χ0n) is 16.8. The highest BCUT2D eigenvalue weighted by Crippen LogP contribution is 2.37. The van der Waals surface area contributed by atoms with Gasteiger partial charge in [0.25, 0.3) is 5.91 Å². The van der Waals surface area contributed by atoms with E-state index in [1.807, 2.05) is 6.92 Å². The SMILES string of the molecule is C[C@H]1CCCC[C@@]12NC(=O)N(C[NH+]1CCN(S(=O)(=O)c3ccccc3)CC1)C2=O. The molecular formula is C20H29N4O4S+. The van der Waals surface area contributed by atoms with Gasteiger partial charge in [-0.1, -0.05) is 38.0 Å². The van der Waals surface area contributed by atoms with Gasteiger partial charge in [0.1, 0.15) is 5.54 Å². The quantitative estimate of drug-likeness (QED) is 0.672. The van der Waals surface area contributed by atoms with Gasteiger partial charge in [0, 0.05) is 0 Å². The number of piperazine rings is 1. The van der Waals surface area contributed by atoms with Crippen LogP contribution >= 0.6 is 0 Å². The van der Waals surface area contributed by atoms with Crippen molar-refractivity contribution in [1.82, 2.24) is 14.5 Å². The summed E-state index contributed by atoms with van der Waals surface area (Å²) in [6.07, 6.45) is 3.69. The summed E-state index contributed by atoms with van der Waals surface area (Å²) in [4.78, 5) is 28.4. The molecule has 1 spiro atoms. The van der Waals surface area contributed by atoms with E-state index in [0.29, 0.717) is 44.2 Å². The molecule has 8 nitrogen and oxygen atoms in total. The van der Waals surface area contributed by atoms with Crippen molar-refractivity contribution in [2.45, 2.75) is 43.0 Å². The molecule has 1 saturated carbocycles. The molecule has 1 aliphatic carbocycles. The summed E-state index contributed by atoms with van der Waals surface area (Å²) in [6.45, 7) is 4.20. The number of hydrogen-bond acceptors (Lipinski definition) is 4. The third-order valence-electron chi connectivity index (χ3n) is 6.69. The van der Waals surface area contributed by atoms with Gasteiger partial charge < -0.3 is 10.2 Å². The van der Waals surface area contributed by atoms with Gasteiger partial charge in [0.05, 0.1) is 31.1 Å². The van der Waals surface area contributed by atoms with Gasteiger partial charge in [-0.2, -0.15) is 4.31 Å². The molecule has 9 heteroatoms. The molecular weight excluding hydrogens is 392 g/mol. The van der Waals surface area contributed by atoms with Crippen LogP contribution < -0.4 is 10.2 Å². The number of hydrogen-bond donors (Lipinski definition) is 2. The highest BCUT2D eigenvalue weighted by atomic mass is 32.2. The van der Waals surface area contributed by atoms with Gasteiger partial charge in [-0.15, -0.1) is 0 Å². The van der Waals surface area contributed by atoms with Crippen LogP contribution in [0.25, 0.3) is 0 Å². The van der Waals surface area contributed by atoms with E-state index in [1.165, 1.54) is 9.21 Å². The first-order valence-corrected chi connectivity index (χ1v) is 11.8. The summed E-state index contributed by atoms with van der Waals surface area (Å²) in [5, 5.41) is 2.98. The lowest BCUT2D eigenvalue weighted by molar-refractivity contribution is -0.910. The second-order valence-electron chi connectivity index (χ2n) is 8.41. The highest BCUT2D eigenvalue weighted by Gasteiger charge is 2.55. The number of rotatable bonds is 4. The summed E-state index contributed by atoms with van der Waals surface area (Å²) in [6, 6.07) is 8.12. The van der Waals surface area contributed by atoms with Crippen LogP contribution in [0.1, 0.15) is 32.6 Å². The Morgan fingerprint density at radius 2 is 1.83 bits per heavy atom. The third kappa shape index (κ3) is 3.55. The van der Waals surface area contributed by atoms with E-state index in [4.69, 9.17) is 0 Å². The number of urea groups is 1. The largest absolute Gasteiger partial charge is 0.329 e. The molecule has 3 fully saturated rings. The zero-order chi connectivity index (χ0) is 20.6. The Labute approximate surface area is 171 Å². The van der Waals surface area contributed by atoms with Crippen molar-refractivity contribution in [1.29, 1.82) is 0 Å². The van der Waals surface area contributed by atoms with Gasteiger partial charge >= 0.3 is 6.03 Å². The molecule has 29 heavy (non-hydrogen) atoms. The van der Waals surface area contributed by atoms with Crippen LogP contribution in [-0.4, -0.2) is 67.9 Å². The number of carbonyl (C=O) groups excluding carboxylic acids is 2. The number of imide groups is 1. The van der Waals surface area contributed by atoms with E-state index in [-0.39, 0.29) is 17.9 Å². The van der Waals surface area contributed by atoms with Crippen molar-refractivity contribution in [2.75, 3.05) is 32.8 Å². The molecule has 4 rings (SSSR count). The van der Waals surface area contributed by atoms with Gasteiger partial charge in [-0.3, -0.25) is 4.79 Å². The first-order valence-electron chi connectivity index (χ1n) is 10.4. The van der Waals surface area contributed by atoms with Crippen LogP contribution in [0.5, 0.6) is 0 Å². The second-order valence-corrected chi connectivity index (χ2v) is 10.3. The summed E-state index contributed by atoms with van der Waals surface area (Å²) in [7, 11) is -3.50. The van der Waals surface area contributed by atoms with E-state index in [9.17, 15) is 18.0 Å². The minimum absolute atomic E-state index is 0.110. The molecule has 1 aromatic rings. The molecule has 2 atom stereocenters. The zero-order valence-corrected chi connectivity index (χ0v) is 17.6. The fourth-order valence-corrected chi connectivity index (χ4v) is 6.27. The first kappa shape index (κ1) is 20.3. The lowest BCUT2D eigenvalue weighted by atomic mass is 9.73. The Hall–Kier alpha value is -1.97. The molecule has 2 saturated heterocycles. The second kappa shape index (κ2) is 7.70. The standard InChI is InChI=1S/C20H28N4O4S/c1-16-7-5-6-10-20(16)18(25)24(19(26)21-20)15-22-11-13-23(14-12-22)29(27,28)17-8-3-2-4-9-17/h2-4,8-9,16H,5-7,10-15H2,1H3,(H,21,26)/p+1/t16-,20+/m0/s1. The lowest BCUT2D eigenvalue weighted by Crippen LogP contribution is -3.16. The predicted molar refractivity (Wildman–Crippen MR) is 107 cm³/mol. The predicted octanol–water partition coefficient (Wildman–Crippen LogP) is 0.0340. The molecule has 0 bridgehead atoms. The monoisotopic (exact) mass is 421 g/mol. The van der Waals surface area contributed by atoms with Crippen molar-refractivity contribution in [2.24, 2.45) is 5.92 Å². The number of quaternary nitrogens is 1. The minimum Gasteiger partial charge on any atom is -0.323 e. The van der Waals surface area contributed by atoms with Crippen molar-refractivity contribution in [3.8, 4) is 0 Å². The van der Waals surface area contributed by atoms with Crippen LogP contribution in [-0.2, 0) is 14.8 Å². The average molecular weight is 422 g/mol. The Morgan fingerprint density at radius 3 is 2.48 bits per heavy atom. The fraction of sp³-hybridized carbons (Fsp3) is 0.600. The molecule has 3 amide bonds. The molecule has 0 unspecified atom stereocenters. The van der Waals surface area contributed by atoms with E-state index in [0.717, 1.165) is 24.2 Å². The number of benzene rings is 1. The maximum atomic E-state index is 13.1. The molecule has 2 aliphatic heterocycles. The smallest absolute Gasteiger partial charge is 0.323 e. The fourth-order valence-electron chi connectivity index (χ4n) is 4.81. The molecule has 3 aliphatic rings. The maximum absolute atomic E-state index is 13.1. The summed E-state index contributed by atoms with van der Waals surface area (Å²) in [5.41, 5.74) is -0.743. The Kier molecular flexibility index (Phi) is 5.39. The van der Waals surface area contributed by atoms with Crippen LogP contribution in [0.15, 0.2) is 35.2 Å². The number of nitrogens with zero attached hydrogens (tertiary/aromatic N) is 2. The van der Waals surface area contributed by atoms with Crippen LogP contribution in [0.3, 0.4) is 0 Å². The summed E-state index contributed by atoms with van der Waals surface area (Å²) >= 11 is 0. The number of carbonyl (C=O) groups is 2. The highest BCUT2D eigenvalue weighted by molar-refractivity contribution is 7.89. The van der Waals surface area contributed by atoms with Gasteiger partial charge in [0.15, 0.2) is 6.67 Å². The normalized spacial score (nSPS) is 29.4. The van der Waals surface area contributed by atoms with Crippen molar-refractivity contribution < 1.29 is 22.9 Å². The Balaban J connectivity index is 1.39. The van der Waals surface area contributed by atoms with Gasteiger partial charge in [0.2, 0.25) is 10.0 Å². The topological polar surface area (TPSA) is 91.2 Å². The van der Waals surface area contributed by atoms with Gasteiger partial charge in [-0.05, 0) is 30.9 Å². The van der Waals surface area contributed by atoms with E-state index in [1.54, 1.807) is 30.3 Å². The summed E-state index contributed by atoms with van der Waals surface area (Å²) < 4.78 is 27.0.